The van der Waals surface area contributed by atoms with Gasteiger partial charge in [0.1, 0.15) is 12.4 Å². The minimum absolute atomic E-state index is 0.0545. The van der Waals surface area contributed by atoms with E-state index in [2.05, 4.69) is 12.2 Å². The molecule has 0 radical (unpaired) electrons. The molecule has 0 aromatic heterocycles. The third-order valence-corrected chi connectivity index (χ3v) is 4.57. The molecule has 1 unspecified atom stereocenters. The molecule has 0 bridgehead atoms. The number of benzene rings is 1. The molecule has 2 amide bonds. The van der Waals surface area contributed by atoms with Crippen LogP contribution >= 0.6 is 0 Å². The molecule has 0 spiro atoms. The first kappa shape index (κ1) is 20.0. The first-order valence-corrected chi connectivity index (χ1v) is 8.98. The van der Waals surface area contributed by atoms with Crippen molar-refractivity contribution in [3.05, 3.63) is 23.8 Å². The Labute approximate surface area is 155 Å². The van der Waals surface area contributed by atoms with Crippen LogP contribution in [0.2, 0.25) is 0 Å². The highest BCUT2D eigenvalue weighted by Gasteiger charge is 2.28. The molecule has 1 aliphatic heterocycles. The molecular weight excluding hydrogens is 334 g/mol. The predicted octanol–water partition coefficient (Wildman–Crippen LogP) is 1.52. The molecule has 1 aromatic rings. The average Bonchev–Trinajstić information content (AvgIpc) is 2.64. The number of anilines is 1. The summed E-state index contributed by atoms with van der Waals surface area (Å²) in [7, 11) is 5.36. The van der Waals surface area contributed by atoms with Crippen molar-refractivity contribution in [2.75, 3.05) is 52.4 Å². The average molecular weight is 363 g/mol. The van der Waals surface area contributed by atoms with Crippen molar-refractivity contribution in [3.8, 4) is 5.75 Å². The first-order chi connectivity index (χ1) is 12.5. The topological polar surface area (TPSA) is 71.1 Å². The van der Waals surface area contributed by atoms with Gasteiger partial charge in [-0.1, -0.05) is 6.92 Å². The Morgan fingerprint density at radius 3 is 2.88 bits per heavy atom. The van der Waals surface area contributed by atoms with Gasteiger partial charge in [0.05, 0.1) is 24.8 Å². The number of methoxy groups -OCH3 is 1. The summed E-state index contributed by atoms with van der Waals surface area (Å²) < 4.78 is 10.8. The molecule has 7 heteroatoms. The number of hydrogen-bond acceptors (Lipinski definition) is 5. The molecule has 0 saturated heterocycles. The maximum Gasteiger partial charge on any atom is 0.251 e. The van der Waals surface area contributed by atoms with Gasteiger partial charge < -0.3 is 24.6 Å². The van der Waals surface area contributed by atoms with E-state index in [9.17, 15) is 9.59 Å². The van der Waals surface area contributed by atoms with Crippen LogP contribution in [0.15, 0.2) is 18.2 Å². The van der Waals surface area contributed by atoms with Crippen LogP contribution in [0.1, 0.15) is 30.1 Å². The standard InChI is InChI=1S/C19H29N3O4/c1-5-9-21(2)18(23)12-15-13-26-17-7-6-14(11-16(17)22(15)3)19(24)20-8-10-25-4/h6-7,11,15H,5,8-10,12-13H2,1-4H3,(H,20,24). The van der Waals surface area contributed by atoms with Gasteiger partial charge in [-0.3, -0.25) is 9.59 Å². The van der Waals surface area contributed by atoms with Crippen molar-refractivity contribution in [1.29, 1.82) is 0 Å². The number of nitrogens with one attached hydrogen (secondary N) is 1. The Kier molecular flexibility index (Phi) is 7.26. The van der Waals surface area contributed by atoms with E-state index < -0.39 is 0 Å². The van der Waals surface area contributed by atoms with E-state index >= 15 is 0 Å². The molecule has 0 aliphatic carbocycles. The number of ether oxygens (including phenoxy) is 2. The maximum absolute atomic E-state index is 12.3. The minimum atomic E-state index is -0.154. The Morgan fingerprint density at radius 2 is 2.19 bits per heavy atom. The second kappa shape index (κ2) is 9.43. The second-order valence-electron chi connectivity index (χ2n) is 6.53. The first-order valence-electron chi connectivity index (χ1n) is 8.98. The quantitative estimate of drug-likeness (QED) is 0.709. The van der Waals surface area contributed by atoms with Crippen molar-refractivity contribution in [3.63, 3.8) is 0 Å². The van der Waals surface area contributed by atoms with Crippen LogP contribution in [0, 0.1) is 0 Å². The van der Waals surface area contributed by atoms with Gasteiger partial charge in [-0.25, -0.2) is 0 Å². The van der Waals surface area contributed by atoms with Crippen LogP contribution in [0.4, 0.5) is 5.69 Å². The highest BCUT2D eigenvalue weighted by atomic mass is 16.5. The zero-order valence-electron chi connectivity index (χ0n) is 16.1. The maximum atomic E-state index is 12.3. The van der Waals surface area contributed by atoms with Crippen LogP contribution < -0.4 is 15.0 Å². The smallest absolute Gasteiger partial charge is 0.251 e. The van der Waals surface area contributed by atoms with E-state index in [-0.39, 0.29) is 17.9 Å². The Balaban J connectivity index is 2.07. The number of nitrogens with zero attached hydrogens (tertiary/aromatic N) is 2. The Hall–Kier alpha value is -2.28. The third kappa shape index (κ3) is 4.88. The monoisotopic (exact) mass is 363 g/mol. The summed E-state index contributed by atoms with van der Waals surface area (Å²) in [6, 6.07) is 5.30. The van der Waals surface area contributed by atoms with Gasteiger partial charge in [-0.2, -0.15) is 0 Å². The zero-order valence-corrected chi connectivity index (χ0v) is 16.1. The number of rotatable bonds is 8. The lowest BCUT2D eigenvalue weighted by molar-refractivity contribution is -0.130. The van der Waals surface area contributed by atoms with Crippen LogP contribution in [-0.2, 0) is 9.53 Å². The molecule has 7 nitrogen and oxygen atoms in total. The van der Waals surface area contributed by atoms with Gasteiger partial charge in [0.15, 0.2) is 0 Å². The van der Waals surface area contributed by atoms with Gasteiger partial charge in [0.2, 0.25) is 5.91 Å². The summed E-state index contributed by atoms with van der Waals surface area (Å²) in [4.78, 5) is 28.4. The van der Waals surface area contributed by atoms with Crippen LogP contribution in [0.5, 0.6) is 5.75 Å². The van der Waals surface area contributed by atoms with Gasteiger partial charge in [0, 0.05) is 39.9 Å². The fourth-order valence-electron chi connectivity index (χ4n) is 2.93. The van der Waals surface area contributed by atoms with Gasteiger partial charge in [-0.15, -0.1) is 0 Å². The van der Waals surface area contributed by atoms with Crippen molar-refractivity contribution in [2.24, 2.45) is 0 Å². The Morgan fingerprint density at radius 1 is 1.42 bits per heavy atom. The molecular formula is C19H29N3O4. The molecule has 2 rings (SSSR count). The van der Waals surface area contributed by atoms with Crippen molar-refractivity contribution in [2.45, 2.75) is 25.8 Å². The number of carbonyl (C=O) groups excluding carboxylic acids is 2. The predicted molar refractivity (Wildman–Crippen MR) is 101 cm³/mol. The fraction of sp³-hybridized carbons (Fsp3) is 0.579. The molecule has 1 heterocycles. The number of hydrogen-bond donors (Lipinski definition) is 1. The highest BCUT2D eigenvalue weighted by Crippen LogP contribution is 2.34. The van der Waals surface area contributed by atoms with Crippen LogP contribution in [0.25, 0.3) is 0 Å². The molecule has 1 aliphatic rings. The summed E-state index contributed by atoms with van der Waals surface area (Å²) >= 11 is 0. The van der Waals surface area contributed by atoms with E-state index in [4.69, 9.17) is 9.47 Å². The summed E-state index contributed by atoms with van der Waals surface area (Å²) in [6.07, 6.45) is 1.32. The van der Waals surface area contributed by atoms with Crippen molar-refractivity contribution >= 4 is 17.5 Å². The molecule has 1 N–H and O–H groups in total. The lowest BCUT2D eigenvalue weighted by Crippen LogP contribution is -2.44. The minimum Gasteiger partial charge on any atom is -0.489 e. The van der Waals surface area contributed by atoms with Gasteiger partial charge >= 0.3 is 0 Å². The zero-order chi connectivity index (χ0) is 19.1. The number of carbonyl (C=O) groups is 2. The van der Waals surface area contributed by atoms with Crippen molar-refractivity contribution in [1.82, 2.24) is 10.2 Å². The van der Waals surface area contributed by atoms with Crippen LogP contribution in [0.3, 0.4) is 0 Å². The van der Waals surface area contributed by atoms with E-state index in [0.717, 1.165) is 24.4 Å². The summed E-state index contributed by atoms with van der Waals surface area (Å²) in [5.41, 5.74) is 1.39. The highest BCUT2D eigenvalue weighted by molar-refractivity contribution is 5.95. The Bertz CT molecular complexity index is 635. The second-order valence-corrected chi connectivity index (χ2v) is 6.53. The number of amides is 2. The third-order valence-electron chi connectivity index (χ3n) is 4.57. The van der Waals surface area contributed by atoms with E-state index in [0.29, 0.717) is 31.7 Å². The lowest BCUT2D eigenvalue weighted by Gasteiger charge is -2.36. The SMILES string of the molecule is CCCN(C)C(=O)CC1COc2ccc(C(=O)NCCOC)cc2N1C. The molecule has 144 valence electrons. The molecule has 1 aromatic carbocycles. The summed E-state index contributed by atoms with van der Waals surface area (Å²) in [5.74, 6) is 0.676. The van der Waals surface area contributed by atoms with E-state index in [1.165, 1.54) is 0 Å². The molecule has 1 atom stereocenters. The lowest BCUT2D eigenvalue weighted by atomic mass is 10.1. The molecule has 0 saturated carbocycles. The van der Waals surface area contributed by atoms with Crippen LogP contribution in [-0.4, -0.2) is 70.3 Å². The molecule has 0 fully saturated rings. The van der Waals surface area contributed by atoms with Crippen molar-refractivity contribution < 1.29 is 19.1 Å². The molecule has 26 heavy (non-hydrogen) atoms. The fourth-order valence-corrected chi connectivity index (χ4v) is 2.93. The number of fused-ring (bicyclic) bond motifs is 1. The van der Waals surface area contributed by atoms with E-state index in [1.807, 2.05) is 25.1 Å². The summed E-state index contributed by atoms with van der Waals surface area (Å²) in [5, 5.41) is 2.81. The van der Waals surface area contributed by atoms with Gasteiger partial charge in [0.25, 0.3) is 5.91 Å². The van der Waals surface area contributed by atoms with E-state index in [1.54, 1.807) is 24.1 Å². The largest absolute Gasteiger partial charge is 0.489 e. The normalized spacial score (nSPS) is 15.8. The van der Waals surface area contributed by atoms with Gasteiger partial charge in [-0.05, 0) is 24.6 Å². The number of likely N-dealkylation sites (N-methyl/N-ethyl adjacent to an activating group) is 1. The summed E-state index contributed by atoms with van der Waals surface area (Å²) in [6.45, 7) is 4.18.